The minimum Gasteiger partial charge on any atom is -0.277 e. The normalized spacial score (nSPS) is 18.2. The first-order chi connectivity index (χ1) is 9.88. The lowest BCUT2D eigenvalue weighted by Crippen LogP contribution is -2.08. The van der Waals surface area contributed by atoms with E-state index in [1.165, 1.54) is 22.4 Å². The van der Waals surface area contributed by atoms with Crippen molar-refractivity contribution in [1.29, 1.82) is 0 Å². The third-order valence-corrected chi connectivity index (χ3v) is 4.62. The lowest BCUT2D eigenvalue weighted by Gasteiger charge is -2.17. The molecule has 2 aromatic rings. The van der Waals surface area contributed by atoms with Crippen LogP contribution in [-0.4, -0.2) is 22.3 Å². The Morgan fingerprint density at radius 2 is 2.20 bits per heavy atom. The molecule has 102 valence electrons. The van der Waals surface area contributed by atoms with Gasteiger partial charge in [0.1, 0.15) is 0 Å². The van der Waals surface area contributed by atoms with Crippen molar-refractivity contribution in [3.8, 4) is 0 Å². The lowest BCUT2D eigenvalue weighted by molar-refractivity contribution is 0.851. The summed E-state index contributed by atoms with van der Waals surface area (Å²) in [5.41, 5.74) is 2.39. The summed E-state index contributed by atoms with van der Waals surface area (Å²) in [6.45, 7) is 3.04. The van der Waals surface area contributed by atoms with E-state index in [-0.39, 0.29) is 0 Å². The van der Waals surface area contributed by atoms with Crippen molar-refractivity contribution in [2.24, 2.45) is 4.99 Å². The standard InChI is InChI=1S/C17H18N2S/c1-2-11-20-17-9-8-13(12-19-17)14-5-3-7-16-15(14)6-4-10-18-16/h3-10,13H,2,11-12H2,1H3. The zero-order valence-corrected chi connectivity index (χ0v) is 12.4. The number of nitrogens with zero attached hydrogens (tertiary/aromatic N) is 2. The second-order valence-electron chi connectivity index (χ2n) is 4.91. The van der Waals surface area contributed by atoms with Gasteiger partial charge in [0.25, 0.3) is 0 Å². The predicted octanol–water partition coefficient (Wildman–Crippen LogP) is 4.43. The second kappa shape index (κ2) is 6.23. The Morgan fingerprint density at radius 3 is 3.00 bits per heavy atom. The second-order valence-corrected chi connectivity index (χ2v) is 6.03. The van der Waals surface area contributed by atoms with Gasteiger partial charge in [0.05, 0.1) is 17.1 Å². The molecular formula is C17H18N2S. The minimum atomic E-state index is 0.369. The fourth-order valence-corrected chi connectivity index (χ4v) is 3.21. The number of thioether (sulfide) groups is 1. The molecule has 1 aromatic heterocycles. The number of pyridine rings is 1. The Morgan fingerprint density at radius 1 is 1.25 bits per heavy atom. The average molecular weight is 282 g/mol. The van der Waals surface area contributed by atoms with Gasteiger partial charge in [-0.1, -0.05) is 31.2 Å². The smallest absolute Gasteiger partial charge is 0.0901 e. The maximum atomic E-state index is 4.70. The van der Waals surface area contributed by atoms with E-state index < -0.39 is 0 Å². The van der Waals surface area contributed by atoms with Gasteiger partial charge in [-0.25, -0.2) is 0 Å². The highest BCUT2D eigenvalue weighted by atomic mass is 32.2. The van der Waals surface area contributed by atoms with Gasteiger partial charge in [0.2, 0.25) is 0 Å². The first-order valence-electron chi connectivity index (χ1n) is 7.07. The van der Waals surface area contributed by atoms with Crippen LogP contribution in [0.5, 0.6) is 0 Å². The Bertz CT molecular complexity index is 656. The Balaban J connectivity index is 1.84. The van der Waals surface area contributed by atoms with Gasteiger partial charge < -0.3 is 0 Å². The highest BCUT2D eigenvalue weighted by Crippen LogP contribution is 2.28. The maximum Gasteiger partial charge on any atom is 0.0901 e. The molecule has 2 heterocycles. The fraction of sp³-hybridized carbons (Fsp3) is 0.294. The number of hydrogen-bond donors (Lipinski definition) is 0. The van der Waals surface area contributed by atoms with E-state index in [1.807, 2.05) is 24.0 Å². The molecule has 1 aromatic carbocycles. The topological polar surface area (TPSA) is 25.2 Å². The van der Waals surface area contributed by atoms with Crippen LogP contribution in [0.25, 0.3) is 10.9 Å². The zero-order chi connectivity index (χ0) is 13.8. The van der Waals surface area contributed by atoms with Gasteiger partial charge >= 0.3 is 0 Å². The summed E-state index contributed by atoms with van der Waals surface area (Å²) in [5.74, 6) is 1.51. The lowest BCUT2D eigenvalue weighted by atomic mass is 9.94. The van der Waals surface area contributed by atoms with Gasteiger partial charge in [-0.05, 0) is 35.9 Å². The highest BCUT2D eigenvalue weighted by Gasteiger charge is 2.14. The van der Waals surface area contributed by atoms with Crippen LogP contribution in [0.2, 0.25) is 0 Å². The molecule has 2 nitrogen and oxygen atoms in total. The summed E-state index contributed by atoms with van der Waals surface area (Å²) in [6.07, 6.45) is 7.49. The van der Waals surface area contributed by atoms with Crippen molar-refractivity contribution in [3.05, 3.63) is 54.2 Å². The molecule has 0 spiro atoms. The Labute approximate surface area is 124 Å². The third-order valence-electron chi connectivity index (χ3n) is 3.45. The predicted molar refractivity (Wildman–Crippen MR) is 88.7 cm³/mol. The number of aliphatic imine (C=N–C) groups is 1. The van der Waals surface area contributed by atoms with Gasteiger partial charge in [-0.3, -0.25) is 9.98 Å². The van der Waals surface area contributed by atoms with E-state index in [9.17, 15) is 0 Å². The van der Waals surface area contributed by atoms with Crippen LogP contribution in [0.15, 0.2) is 53.7 Å². The van der Waals surface area contributed by atoms with Crippen molar-refractivity contribution in [1.82, 2.24) is 4.98 Å². The molecule has 0 bridgehead atoms. The minimum absolute atomic E-state index is 0.369. The summed E-state index contributed by atoms with van der Waals surface area (Å²) in [7, 11) is 0. The molecule has 1 aliphatic heterocycles. The molecule has 20 heavy (non-hydrogen) atoms. The van der Waals surface area contributed by atoms with Crippen LogP contribution in [0.1, 0.15) is 24.8 Å². The first kappa shape index (κ1) is 13.4. The summed E-state index contributed by atoms with van der Waals surface area (Å²) in [6, 6.07) is 10.5. The molecule has 3 heteroatoms. The van der Waals surface area contributed by atoms with E-state index in [0.717, 1.165) is 17.8 Å². The first-order valence-corrected chi connectivity index (χ1v) is 8.06. The molecule has 0 saturated carbocycles. The van der Waals surface area contributed by atoms with E-state index in [0.29, 0.717) is 5.92 Å². The van der Waals surface area contributed by atoms with E-state index >= 15 is 0 Å². The molecule has 1 atom stereocenters. The summed E-state index contributed by atoms with van der Waals surface area (Å²) < 4.78 is 0. The number of dihydropyridines is 1. The SMILES string of the molecule is CCCSC1=NCC(c2cccc3ncccc23)C=C1. The van der Waals surface area contributed by atoms with Crippen molar-refractivity contribution in [2.75, 3.05) is 12.3 Å². The van der Waals surface area contributed by atoms with Crippen LogP contribution in [0.4, 0.5) is 0 Å². The highest BCUT2D eigenvalue weighted by molar-refractivity contribution is 8.14. The quantitative estimate of drug-likeness (QED) is 0.832. The molecule has 1 unspecified atom stereocenters. The summed E-state index contributed by atoms with van der Waals surface area (Å²) in [4.78, 5) is 9.13. The Hall–Kier alpha value is -1.61. The van der Waals surface area contributed by atoms with Gasteiger partial charge in [-0.15, -0.1) is 11.8 Å². The van der Waals surface area contributed by atoms with Gasteiger partial charge in [0.15, 0.2) is 0 Å². The number of rotatable bonds is 3. The third kappa shape index (κ3) is 2.78. The fourth-order valence-electron chi connectivity index (χ4n) is 2.45. The van der Waals surface area contributed by atoms with Crippen molar-refractivity contribution < 1.29 is 0 Å². The van der Waals surface area contributed by atoms with Crippen LogP contribution in [0, 0.1) is 0 Å². The molecular weight excluding hydrogens is 264 g/mol. The molecule has 1 aliphatic rings. The number of fused-ring (bicyclic) bond motifs is 1. The largest absolute Gasteiger partial charge is 0.277 e. The summed E-state index contributed by atoms with van der Waals surface area (Å²) in [5, 5.41) is 2.41. The number of aromatic nitrogens is 1. The molecule has 0 saturated heterocycles. The van der Waals surface area contributed by atoms with Crippen LogP contribution in [-0.2, 0) is 0 Å². The monoisotopic (exact) mass is 282 g/mol. The molecule has 0 radical (unpaired) electrons. The molecule has 0 aliphatic carbocycles. The zero-order valence-electron chi connectivity index (χ0n) is 11.6. The summed E-state index contributed by atoms with van der Waals surface area (Å²) >= 11 is 1.85. The molecule has 0 fully saturated rings. The van der Waals surface area contributed by atoms with E-state index in [4.69, 9.17) is 4.99 Å². The van der Waals surface area contributed by atoms with Crippen LogP contribution >= 0.6 is 11.8 Å². The number of benzene rings is 1. The average Bonchev–Trinajstić information content (AvgIpc) is 2.53. The Kier molecular flexibility index (Phi) is 4.16. The van der Waals surface area contributed by atoms with Crippen LogP contribution in [0.3, 0.4) is 0 Å². The molecule has 3 rings (SSSR count). The molecule has 0 amide bonds. The van der Waals surface area contributed by atoms with E-state index in [2.05, 4.69) is 48.3 Å². The van der Waals surface area contributed by atoms with Crippen LogP contribution < -0.4 is 0 Å². The molecule has 0 N–H and O–H groups in total. The van der Waals surface area contributed by atoms with Gasteiger partial charge in [0, 0.05) is 17.5 Å². The van der Waals surface area contributed by atoms with Crippen molar-refractivity contribution in [2.45, 2.75) is 19.3 Å². The van der Waals surface area contributed by atoms with Crippen molar-refractivity contribution >= 4 is 27.7 Å². The van der Waals surface area contributed by atoms with Gasteiger partial charge in [-0.2, -0.15) is 0 Å². The number of hydrogen-bond acceptors (Lipinski definition) is 3. The van der Waals surface area contributed by atoms with Crippen molar-refractivity contribution in [3.63, 3.8) is 0 Å². The van der Waals surface area contributed by atoms with E-state index in [1.54, 1.807) is 0 Å². The maximum absolute atomic E-state index is 4.70.